The second-order valence-corrected chi connectivity index (χ2v) is 10.0. The molecule has 0 aliphatic carbocycles. The molecule has 1 amide bonds. The van der Waals surface area contributed by atoms with Gasteiger partial charge >= 0.3 is 0 Å². The first-order valence-corrected chi connectivity index (χ1v) is 11.0. The Bertz CT molecular complexity index is 702. The number of hydrogen-bond donors (Lipinski definition) is 0. The predicted molar refractivity (Wildman–Crippen MR) is 96.8 cm³/mol. The molecular weight excluding hydrogens is 344 g/mol. The summed E-state index contributed by atoms with van der Waals surface area (Å²) in [5, 5.41) is 0.652. The van der Waals surface area contributed by atoms with E-state index >= 15 is 0 Å². The number of carbonyl (C=O) groups is 1. The summed E-state index contributed by atoms with van der Waals surface area (Å²) in [6.07, 6.45) is 6.44. The van der Waals surface area contributed by atoms with Crippen molar-refractivity contribution in [1.82, 2.24) is 9.21 Å². The zero-order chi connectivity index (χ0) is 17.5. The molecule has 2 aliphatic rings. The van der Waals surface area contributed by atoms with Crippen molar-refractivity contribution in [3.63, 3.8) is 0 Å². The highest BCUT2D eigenvalue weighted by molar-refractivity contribution is 7.99. The van der Waals surface area contributed by atoms with Crippen LogP contribution in [0.15, 0.2) is 29.2 Å². The van der Waals surface area contributed by atoms with Gasteiger partial charge in [0.15, 0.2) is 0 Å². The highest BCUT2D eigenvalue weighted by Crippen LogP contribution is 2.40. The number of fused-ring (bicyclic) bond motifs is 2. The van der Waals surface area contributed by atoms with Gasteiger partial charge < -0.3 is 4.90 Å². The van der Waals surface area contributed by atoms with E-state index in [2.05, 4.69) is 6.26 Å². The standard InChI is InChI=1S/C17H24N2O3S2/c1-18(2)24(21,22)16-8-4-12(5-9-16)17(20)19-13-6-7-14(19)11-15(10-13)23-3/h4-5,8-9,13-15H,6-7,10-11H2,1-3H3. The molecule has 2 atom stereocenters. The van der Waals surface area contributed by atoms with E-state index in [0.717, 1.165) is 25.7 Å². The lowest BCUT2D eigenvalue weighted by Crippen LogP contribution is -2.47. The number of piperidine rings is 1. The monoisotopic (exact) mass is 368 g/mol. The van der Waals surface area contributed by atoms with Gasteiger partial charge in [-0.1, -0.05) is 0 Å². The van der Waals surface area contributed by atoms with Crippen LogP contribution in [0.1, 0.15) is 36.0 Å². The van der Waals surface area contributed by atoms with E-state index in [1.54, 1.807) is 12.1 Å². The topological polar surface area (TPSA) is 57.7 Å². The minimum Gasteiger partial charge on any atom is -0.333 e. The fourth-order valence-corrected chi connectivity index (χ4v) is 5.51. The van der Waals surface area contributed by atoms with Crippen LogP contribution < -0.4 is 0 Å². The van der Waals surface area contributed by atoms with E-state index in [9.17, 15) is 13.2 Å². The van der Waals surface area contributed by atoms with E-state index in [1.807, 2.05) is 16.7 Å². The maximum Gasteiger partial charge on any atom is 0.254 e. The predicted octanol–water partition coefficient (Wildman–Crippen LogP) is 2.44. The molecule has 7 heteroatoms. The normalized spacial score (nSPS) is 26.8. The van der Waals surface area contributed by atoms with Gasteiger partial charge in [-0.25, -0.2) is 12.7 Å². The molecule has 1 aromatic rings. The van der Waals surface area contributed by atoms with E-state index < -0.39 is 10.0 Å². The van der Waals surface area contributed by atoms with Crippen LogP contribution in [-0.2, 0) is 10.0 Å². The number of thioether (sulfide) groups is 1. The number of rotatable bonds is 4. The average molecular weight is 369 g/mol. The third kappa shape index (κ3) is 3.09. The minimum atomic E-state index is -3.46. The smallest absolute Gasteiger partial charge is 0.254 e. The molecule has 5 nitrogen and oxygen atoms in total. The van der Waals surface area contributed by atoms with Crippen molar-refractivity contribution in [2.75, 3.05) is 20.4 Å². The first-order valence-electron chi connectivity index (χ1n) is 8.22. The van der Waals surface area contributed by atoms with Crippen molar-refractivity contribution in [2.24, 2.45) is 0 Å². The Hall–Kier alpha value is -1.05. The summed E-state index contributed by atoms with van der Waals surface area (Å²) in [5.41, 5.74) is 0.576. The van der Waals surface area contributed by atoms with E-state index in [-0.39, 0.29) is 10.8 Å². The van der Waals surface area contributed by atoms with Crippen LogP contribution in [0.4, 0.5) is 0 Å². The largest absolute Gasteiger partial charge is 0.333 e. The van der Waals surface area contributed by atoms with Crippen molar-refractivity contribution in [1.29, 1.82) is 0 Å². The zero-order valence-corrected chi connectivity index (χ0v) is 15.9. The van der Waals surface area contributed by atoms with Gasteiger partial charge in [-0.3, -0.25) is 4.79 Å². The van der Waals surface area contributed by atoms with Crippen LogP contribution in [0, 0.1) is 0 Å². The summed E-state index contributed by atoms with van der Waals surface area (Å²) >= 11 is 1.90. The highest BCUT2D eigenvalue weighted by Gasteiger charge is 2.43. The Morgan fingerprint density at radius 2 is 1.67 bits per heavy atom. The summed E-state index contributed by atoms with van der Waals surface area (Å²) in [6, 6.07) is 6.99. The Balaban J connectivity index is 1.80. The van der Waals surface area contributed by atoms with Gasteiger partial charge in [0, 0.05) is 37.0 Å². The molecule has 0 N–H and O–H groups in total. The van der Waals surface area contributed by atoms with Crippen molar-refractivity contribution >= 4 is 27.7 Å². The zero-order valence-electron chi connectivity index (χ0n) is 14.3. The molecule has 0 spiro atoms. The average Bonchev–Trinajstić information content (AvgIpc) is 2.83. The van der Waals surface area contributed by atoms with Crippen LogP contribution in [0.2, 0.25) is 0 Å². The number of carbonyl (C=O) groups excluding carboxylic acids is 1. The molecule has 2 unspecified atom stereocenters. The molecule has 1 aromatic carbocycles. The van der Waals surface area contributed by atoms with Crippen LogP contribution in [-0.4, -0.2) is 61.2 Å². The van der Waals surface area contributed by atoms with Crippen LogP contribution in [0.25, 0.3) is 0 Å². The van der Waals surface area contributed by atoms with Gasteiger partial charge in [0.2, 0.25) is 10.0 Å². The number of benzene rings is 1. The Morgan fingerprint density at radius 1 is 1.12 bits per heavy atom. The summed E-state index contributed by atoms with van der Waals surface area (Å²) in [4.78, 5) is 15.2. The molecule has 0 aromatic heterocycles. The summed E-state index contributed by atoms with van der Waals surface area (Å²) < 4.78 is 25.4. The van der Waals surface area contributed by atoms with Gasteiger partial charge in [0.1, 0.15) is 0 Å². The molecule has 2 bridgehead atoms. The first kappa shape index (κ1) is 17.8. The maximum atomic E-state index is 12.9. The molecule has 2 heterocycles. The molecular formula is C17H24N2O3S2. The third-order valence-electron chi connectivity index (χ3n) is 5.14. The van der Waals surface area contributed by atoms with Gasteiger partial charge in [0.25, 0.3) is 5.91 Å². The SMILES string of the molecule is CSC1CC2CCC(C1)N2C(=O)c1ccc(S(=O)(=O)N(C)C)cc1. The van der Waals surface area contributed by atoms with Crippen molar-refractivity contribution in [2.45, 2.75) is 47.9 Å². The number of sulfonamides is 1. The van der Waals surface area contributed by atoms with Crippen LogP contribution >= 0.6 is 11.8 Å². The minimum absolute atomic E-state index is 0.0378. The van der Waals surface area contributed by atoms with Crippen molar-refractivity contribution in [3.05, 3.63) is 29.8 Å². The molecule has 3 rings (SSSR count). The molecule has 24 heavy (non-hydrogen) atoms. The molecule has 2 saturated heterocycles. The number of nitrogens with zero attached hydrogens (tertiary/aromatic N) is 2. The van der Waals surface area contributed by atoms with Gasteiger partial charge in [-0.05, 0) is 56.2 Å². The second kappa shape index (κ2) is 6.69. The molecule has 0 radical (unpaired) electrons. The number of amides is 1. The fourth-order valence-electron chi connectivity index (χ4n) is 3.78. The highest BCUT2D eigenvalue weighted by atomic mass is 32.2. The fraction of sp³-hybridized carbons (Fsp3) is 0.588. The van der Waals surface area contributed by atoms with Gasteiger partial charge in [-0.2, -0.15) is 11.8 Å². The molecule has 0 saturated carbocycles. The van der Waals surface area contributed by atoms with E-state index in [0.29, 0.717) is 22.9 Å². The Labute approximate surface area is 148 Å². The molecule has 132 valence electrons. The third-order valence-corrected chi connectivity index (χ3v) is 8.02. The summed E-state index contributed by atoms with van der Waals surface area (Å²) in [7, 11) is -0.454. The molecule has 2 aliphatic heterocycles. The molecule has 2 fully saturated rings. The lowest BCUT2D eigenvalue weighted by molar-refractivity contribution is 0.0601. The van der Waals surface area contributed by atoms with E-state index in [4.69, 9.17) is 0 Å². The second-order valence-electron chi connectivity index (χ2n) is 6.74. The van der Waals surface area contributed by atoms with Crippen LogP contribution in [0.5, 0.6) is 0 Å². The first-order chi connectivity index (χ1) is 11.3. The van der Waals surface area contributed by atoms with Crippen LogP contribution in [0.3, 0.4) is 0 Å². The Morgan fingerprint density at radius 3 is 2.12 bits per heavy atom. The quantitative estimate of drug-likeness (QED) is 0.819. The summed E-state index contributed by atoms with van der Waals surface area (Å²) in [5.74, 6) is 0.0378. The van der Waals surface area contributed by atoms with Crippen molar-refractivity contribution in [3.8, 4) is 0 Å². The number of hydrogen-bond acceptors (Lipinski definition) is 4. The Kier molecular flexibility index (Phi) is 4.95. The lowest BCUT2D eigenvalue weighted by Gasteiger charge is -2.38. The lowest BCUT2D eigenvalue weighted by atomic mass is 10.0. The van der Waals surface area contributed by atoms with Gasteiger partial charge in [-0.15, -0.1) is 0 Å². The van der Waals surface area contributed by atoms with Crippen molar-refractivity contribution < 1.29 is 13.2 Å². The van der Waals surface area contributed by atoms with Gasteiger partial charge in [0.05, 0.1) is 4.90 Å². The summed E-state index contributed by atoms with van der Waals surface area (Å²) in [6.45, 7) is 0. The van der Waals surface area contributed by atoms with E-state index in [1.165, 1.54) is 30.5 Å². The maximum absolute atomic E-state index is 12.9.